The monoisotopic (exact) mass is 266 g/mol. The van der Waals surface area contributed by atoms with Crippen LogP contribution >= 0.6 is 0 Å². The molecule has 0 saturated heterocycles. The van der Waals surface area contributed by atoms with Crippen LogP contribution in [0.25, 0.3) is 0 Å². The zero-order valence-corrected chi connectivity index (χ0v) is 11.7. The van der Waals surface area contributed by atoms with Crippen LogP contribution in [0.1, 0.15) is 18.9 Å². The first-order valence-electron chi connectivity index (χ1n) is 6.21. The molecule has 0 bridgehead atoms. The molecule has 1 aromatic carbocycles. The molecule has 0 heterocycles. The van der Waals surface area contributed by atoms with Crippen molar-refractivity contribution in [1.29, 1.82) is 0 Å². The lowest BCUT2D eigenvalue weighted by atomic mass is 10.2. The van der Waals surface area contributed by atoms with Gasteiger partial charge in [0.1, 0.15) is 11.5 Å². The fourth-order valence-corrected chi connectivity index (χ4v) is 1.54. The molecule has 0 aromatic heterocycles. The molecular formula is C13H22N4O2. The summed E-state index contributed by atoms with van der Waals surface area (Å²) in [5, 5.41) is 3.10. The average molecular weight is 266 g/mol. The zero-order chi connectivity index (χ0) is 14.1. The van der Waals surface area contributed by atoms with Crippen molar-refractivity contribution >= 4 is 5.96 Å². The maximum Gasteiger partial charge on any atom is 0.206 e. The highest BCUT2D eigenvalue weighted by molar-refractivity contribution is 5.79. The van der Waals surface area contributed by atoms with E-state index in [-0.39, 0.29) is 0 Å². The summed E-state index contributed by atoms with van der Waals surface area (Å²) in [6.45, 7) is 3.37. The lowest BCUT2D eigenvalue weighted by Gasteiger charge is -2.10. The number of guanidine groups is 1. The van der Waals surface area contributed by atoms with Crippen LogP contribution in [0.2, 0.25) is 0 Å². The normalized spacial score (nSPS) is 11.1. The van der Waals surface area contributed by atoms with Gasteiger partial charge >= 0.3 is 0 Å². The third kappa shape index (κ3) is 4.67. The third-order valence-corrected chi connectivity index (χ3v) is 2.58. The van der Waals surface area contributed by atoms with Crippen LogP contribution < -0.4 is 26.1 Å². The minimum atomic E-state index is 0.476. The van der Waals surface area contributed by atoms with Crippen LogP contribution in [-0.4, -0.2) is 26.7 Å². The maximum absolute atomic E-state index is 5.40. The van der Waals surface area contributed by atoms with Gasteiger partial charge in [0.25, 0.3) is 0 Å². The van der Waals surface area contributed by atoms with E-state index in [9.17, 15) is 0 Å². The SMILES string of the molecule is CCCNC(=NCc1ccc(OC)cc1OC)NN. The van der Waals surface area contributed by atoms with E-state index in [4.69, 9.17) is 15.3 Å². The van der Waals surface area contributed by atoms with Gasteiger partial charge in [-0.15, -0.1) is 0 Å². The number of hydrazine groups is 1. The molecule has 4 N–H and O–H groups in total. The molecule has 0 aliphatic rings. The number of benzene rings is 1. The van der Waals surface area contributed by atoms with Gasteiger partial charge in [-0.1, -0.05) is 6.92 Å². The molecule has 0 unspecified atom stereocenters. The van der Waals surface area contributed by atoms with Crippen molar-refractivity contribution in [3.8, 4) is 11.5 Å². The van der Waals surface area contributed by atoms with Crippen molar-refractivity contribution in [2.24, 2.45) is 10.8 Å². The fraction of sp³-hybridized carbons (Fsp3) is 0.462. The molecular weight excluding hydrogens is 244 g/mol. The Morgan fingerprint density at radius 1 is 1.32 bits per heavy atom. The van der Waals surface area contributed by atoms with E-state index in [1.807, 2.05) is 18.2 Å². The van der Waals surface area contributed by atoms with Gasteiger partial charge in [-0.05, 0) is 18.6 Å². The molecule has 6 heteroatoms. The lowest BCUT2D eigenvalue weighted by Crippen LogP contribution is -2.41. The Morgan fingerprint density at radius 3 is 2.68 bits per heavy atom. The summed E-state index contributed by atoms with van der Waals surface area (Å²) < 4.78 is 10.5. The lowest BCUT2D eigenvalue weighted by molar-refractivity contribution is 0.391. The molecule has 0 fully saturated rings. The van der Waals surface area contributed by atoms with E-state index in [0.29, 0.717) is 12.5 Å². The predicted molar refractivity (Wildman–Crippen MR) is 76.3 cm³/mol. The van der Waals surface area contributed by atoms with Gasteiger partial charge in [0, 0.05) is 18.2 Å². The van der Waals surface area contributed by atoms with Crippen LogP contribution in [0, 0.1) is 0 Å². The number of ether oxygens (including phenoxy) is 2. The third-order valence-electron chi connectivity index (χ3n) is 2.58. The number of hydrogen-bond donors (Lipinski definition) is 3. The summed E-state index contributed by atoms with van der Waals surface area (Å²) in [6, 6.07) is 5.64. The van der Waals surface area contributed by atoms with Gasteiger partial charge in [-0.2, -0.15) is 0 Å². The number of hydrogen-bond acceptors (Lipinski definition) is 4. The predicted octanol–water partition coefficient (Wildman–Crippen LogP) is 1.02. The quantitative estimate of drug-likeness (QED) is 0.310. The minimum absolute atomic E-state index is 0.476. The Hall–Kier alpha value is -1.95. The molecule has 106 valence electrons. The van der Waals surface area contributed by atoms with E-state index in [1.165, 1.54) is 0 Å². The molecule has 6 nitrogen and oxygen atoms in total. The van der Waals surface area contributed by atoms with Gasteiger partial charge < -0.3 is 14.8 Å². The Bertz CT molecular complexity index is 421. The summed E-state index contributed by atoms with van der Waals surface area (Å²) in [6.07, 6.45) is 1.01. The van der Waals surface area contributed by atoms with Crippen molar-refractivity contribution in [2.75, 3.05) is 20.8 Å². The van der Waals surface area contributed by atoms with Crippen LogP contribution in [0.15, 0.2) is 23.2 Å². The largest absolute Gasteiger partial charge is 0.497 e. The van der Waals surface area contributed by atoms with E-state index in [0.717, 1.165) is 30.0 Å². The fourth-order valence-electron chi connectivity index (χ4n) is 1.54. The number of nitrogens with one attached hydrogen (secondary N) is 2. The van der Waals surface area contributed by atoms with Crippen LogP contribution in [0.3, 0.4) is 0 Å². The highest BCUT2D eigenvalue weighted by Crippen LogP contribution is 2.24. The standard InChI is InChI=1S/C13H22N4O2/c1-4-7-15-13(17-14)16-9-10-5-6-11(18-2)8-12(10)19-3/h5-6,8H,4,7,9,14H2,1-3H3,(H2,15,16,17). The first-order valence-corrected chi connectivity index (χ1v) is 6.21. The van der Waals surface area contributed by atoms with E-state index >= 15 is 0 Å². The van der Waals surface area contributed by atoms with Gasteiger partial charge in [-0.3, -0.25) is 5.43 Å². The van der Waals surface area contributed by atoms with Gasteiger partial charge in [0.15, 0.2) is 0 Å². The van der Waals surface area contributed by atoms with Crippen LogP contribution in [0.5, 0.6) is 11.5 Å². The molecule has 0 amide bonds. The number of rotatable bonds is 6. The van der Waals surface area contributed by atoms with E-state index in [2.05, 4.69) is 22.7 Å². The zero-order valence-electron chi connectivity index (χ0n) is 11.7. The van der Waals surface area contributed by atoms with E-state index < -0.39 is 0 Å². The van der Waals surface area contributed by atoms with Gasteiger partial charge in [0.2, 0.25) is 5.96 Å². The van der Waals surface area contributed by atoms with E-state index in [1.54, 1.807) is 14.2 Å². The summed E-state index contributed by atoms with van der Waals surface area (Å²) >= 11 is 0. The second-order valence-electron chi connectivity index (χ2n) is 3.91. The molecule has 0 radical (unpaired) electrons. The first-order chi connectivity index (χ1) is 9.24. The Labute approximate surface area is 114 Å². The van der Waals surface area contributed by atoms with Crippen molar-refractivity contribution in [3.63, 3.8) is 0 Å². The number of methoxy groups -OCH3 is 2. The molecule has 0 spiro atoms. The van der Waals surface area contributed by atoms with Crippen LogP contribution in [0.4, 0.5) is 0 Å². The average Bonchev–Trinajstić information content (AvgIpc) is 2.47. The summed E-state index contributed by atoms with van der Waals surface area (Å²) in [5.41, 5.74) is 3.51. The van der Waals surface area contributed by atoms with Gasteiger partial charge in [-0.25, -0.2) is 10.8 Å². The number of aliphatic imine (C=N–C) groups is 1. The Kier molecular flexibility index (Phi) is 6.52. The molecule has 1 rings (SSSR count). The molecule has 19 heavy (non-hydrogen) atoms. The van der Waals surface area contributed by atoms with Crippen molar-refractivity contribution in [3.05, 3.63) is 23.8 Å². The number of nitrogens with zero attached hydrogens (tertiary/aromatic N) is 1. The molecule has 0 aliphatic heterocycles. The smallest absolute Gasteiger partial charge is 0.206 e. The first kappa shape index (κ1) is 15.1. The minimum Gasteiger partial charge on any atom is -0.497 e. The molecule has 0 atom stereocenters. The molecule has 1 aromatic rings. The summed E-state index contributed by atoms with van der Waals surface area (Å²) in [7, 11) is 3.25. The highest BCUT2D eigenvalue weighted by Gasteiger charge is 2.05. The Balaban J connectivity index is 2.77. The summed E-state index contributed by atoms with van der Waals surface area (Å²) in [4.78, 5) is 4.36. The molecule has 0 saturated carbocycles. The maximum atomic E-state index is 5.40. The molecule has 0 aliphatic carbocycles. The second kappa shape index (κ2) is 8.20. The van der Waals surface area contributed by atoms with Crippen LogP contribution in [-0.2, 0) is 6.54 Å². The van der Waals surface area contributed by atoms with Crippen molar-refractivity contribution < 1.29 is 9.47 Å². The number of nitrogens with two attached hydrogens (primary N) is 1. The van der Waals surface area contributed by atoms with Crippen molar-refractivity contribution in [2.45, 2.75) is 19.9 Å². The van der Waals surface area contributed by atoms with Crippen molar-refractivity contribution in [1.82, 2.24) is 10.7 Å². The highest BCUT2D eigenvalue weighted by atomic mass is 16.5. The second-order valence-corrected chi connectivity index (χ2v) is 3.91. The van der Waals surface area contributed by atoms with Gasteiger partial charge in [0.05, 0.1) is 20.8 Å². The summed E-state index contributed by atoms with van der Waals surface area (Å²) in [5.74, 6) is 7.47. The topological polar surface area (TPSA) is 80.9 Å². The Morgan fingerprint density at radius 2 is 2.11 bits per heavy atom.